The van der Waals surface area contributed by atoms with E-state index in [2.05, 4.69) is 4.28 Å². The van der Waals surface area contributed by atoms with Crippen molar-refractivity contribution in [2.45, 2.75) is 30.8 Å². The lowest BCUT2D eigenvalue weighted by Gasteiger charge is -2.34. The first-order valence-corrected chi connectivity index (χ1v) is 6.78. The molecule has 2 heterocycles. The number of urea groups is 1. The Bertz CT molecular complexity index is 484. The maximum atomic E-state index is 13.5. The molecular weight excluding hydrogens is 290 g/mol. The van der Waals surface area contributed by atoms with E-state index in [9.17, 15) is 22.0 Å². The molecule has 0 aromatic carbocycles. The van der Waals surface area contributed by atoms with Crippen LogP contribution in [0.5, 0.6) is 0 Å². The van der Waals surface area contributed by atoms with Crippen molar-refractivity contribution in [2.24, 2.45) is 0 Å². The summed E-state index contributed by atoms with van der Waals surface area (Å²) in [6.07, 6.45) is -0.0205. The minimum absolute atomic E-state index is 0.0814. The number of hydroxylamine groups is 2. The second-order valence-electron chi connectivity index (χ2n) is 4.43. The molecule has 2 saturated heterocycles. The monoisotopic (exact) mass is 302 g/mol. The molecule has 0 spiro atoms. The number of hydrogen-bond acceptors (Lipinski definition) is 5. The summed E-state index contributed by atoms with van der Waals surface area (Å²) in [5.41, 5.74) is 0. The first kappa shape index (κ1) is 14.4. The van der Waals surface area contributed by atoms with Gasteiger partial charge in [0.15, 0.2) is 0 Å². The third-order valence-electron chi connectivity index (χ3n) is 3.20. The lowest BCUT2D eigenvalue weighted by atomic mass is 9.96. The fraction of sp³-hybridized carbons (Fsp3) is 0.875. The van der Waals surface area contributed by atoms with Crippen molar-refractivity contribution in [3.05, 3.63) is 0 Å². The predicted molar refractivity (Wildman–Crippen MR) is 55.4 cm³/mol. The van der Waals surface area contributed by atoms with Crippen molar-refractivity contribution >= 4 is 16.4 Å². The summed E-state index contributed by atoms with van der Waals surface area (Å²) in [5.74, 6) is -3.48. The molecule has 110 valence electrons. The van der Waals surface area contributed by atoms with E-state index in [0.717, 1.165) is 4.90 Å². The summed E-state index contributed by atoms with van der Waals surface area (Å²) in [7, 11) is -4.90. The molecule has 0 radical (unpaired) electrons. The largest absolute Gasteiger partial charge is 0.418 e. The zero-order valence-corrected chi connectivity index (χ0v) is 10.4. The van der Waals surface area contributed by atoms with Crippen LogP contribution in [0.2, 0.25) is 0 Å². The normalized spacial score (nSPS) is 28.1. The van der Waals surface area contributed by atoms with Crippen molar-refractivity contribution in [3.8, 4) is 0 Å². The lowest BCUT2D eigenvalue weighted by molar-refractivity contribution is -0.109. The van der Waals surface area contributed by atoms with Gasteiger partial charge in [-0.3, -0.25) is 4.55 Å². The van der Waals surface area contributed by atoms with E-state index >= 15 is 0 Å². The van der Waals surface area contributed by atoms with Gasteiger partial charge in [-0.05, 0) is 12.8 Å². The van der Waals surface area contributed by atoms with Gasteiger partial charge in [0.05, 0.1) is 12.1 Å². The van der Waals surface area contributed by atoms with E-state index in [1.807, 2.05) is 0 Å². The van der Waals surface area contributed by atoms with Gasteiger partial charge < -0.3 is 10.0 Å². The number of piperidine rings is 1. The second-order valence-corrected chi connectivity index (χ2v) is 5.43. The molecule has 0 saturated carbocycles. The summed E-state index contributed by atoms with van der Waals surface area (Å²) in [5, 5.41) is 9.02. The highest BCUT2D eigenvalue weighted by molar-refractivity contribution is 7.80. The van der Waals surface area contributed by atoms with E-state index < -0.39 is 41.0 Å². The Morgan fingerprint density at radius 3 is 2.58 bits per heavy atom. The molecule has 0 aliphatic carbocycles. The van der Waals surface area contributed by atoms with E-state index in [0.29, 0.717) is 5.06 Å². The van der Waals surface area contributed by atoms with Gasteiger partial charge in [0.25, 0.3) is 5.92 Å². The van der Waals surface area contributed by atoms with Crippen LogP contribution < -0.4 is 0 Å². The van der Waals surface area contributed by atoms with Crippen LogP contribution in [0.3, 0.4) is 0 Å². The van der Waals surface area contributed by atoms with Crippen molar-refractivity contribution in [3.63, 3.8) is 0 Å². The minimum Gasteiger partial charge on any atom is -0.390 e. The van der Waals surface area contributed by atoms with Crippen molar-refractivity contribution < 1.29 is 35.9 Å². The predicted octanol–water partition coefficient (Wildman–Crippen LogP) is -0.383. The fourth-order valence-corrected chi connectivity index (χ4v) is 2.76. The number of nitrogens with zero attached hydrogens (tertiary/aromatic N) is 2. The Morgan fingerprint density at radius 2 is 2.05 bits per heavy atom. The summed E-state index contributed by atoms with van der Waals surface area (Å²) in [6.45, 7) is -1.56. The van der Waals surface area contributed by atoms with Crippen molar-refractivity contribution in [2.75, 3.05) is 13.2 Å². The average molecular weight is 302 g/mol. The third-order valence-corrected chi connectivity index (χ3v) is 3.54. The molecule has 2 rings (SSSR count). The maximum absolute atomic E-state index is 13.5. The van der Waals surface area contributed by atoms with Crippen LogP contribution in [0, 0.1) is 0 Å². The van der Waals surface area contributed by atoms with Gasteiger partial charge in [-0.25, -0.2) is 13.6 Å². The van der Waals surface area contributed by atoms with Crippen molar-refractivity contribution in [1.82, 2.24) is 9.96 Å². The van der Waals surface area contributed by atoms with Crippen LogP contribution in [0.25, 0.3) is 0 Å². The molecule has 2 fully saturated rings. The Kier molecular flexibility index (Phi) is 3.41. The molecular formula is C8H12F2N2O6S. The molecule has 2 aliphatic rings. The summed E-state index contributed by atoms with van der Waals surface area (Å²) in [6, 6.07) is -3.31. The van der Waals surface area contributed by atoms with Gasteiger partial charge in [-0.1, -0.05) is 0 Å². The standard InChI is InChI=1S/C8H12F2N2O6S/c9-8(10,4-13)6-2-1-5-3-11(6)7(14)12(5)18-19(15,16)17/h5-6,13H,1-4H2,(H,15,16,17)/t5-,6+/m1/s1. The number of amides is 2. The van der Waals surface area contributed by atoms with Gasteiger partial charge in [0.1, 0.15) is 6.61 Å². The smallest absolute Gasteiger partial charge is 0.390 e. The number of halogens is 2. The van der Waals surface area contributed by atoms with Crippen LogP contribution in [0.1, 0.15) is 12.8 Å². The molecule has 2 N–H and O–H groups in total. The highest BCUT2D eigenvalue weighted by atomic mass is 32.3. The van der Waals surface area contributed by atoms with Crippen LogP contribution in [0.15, 0.2) is 0 Å². The van der Waals surface area contributed by atoms with Crippen LogP contribution >= 0.6 is 0 Å². The number of rotatable bonds is 4. The third kappa shape index (κ3) is 2.63. The molecule has 11 heteroatoms. The number of carbonyl (C=O) groups excluding carboxylic acids is 1. The molecule has 2 aliphatic heterocycles. The lowest BCUT2D eigenvalue weighted by Crippen LogP contribution is -2.52. The highest BCUT2D eigenvalue weighted by Gasteiger charge is 2.54. The maximum Gasteiger partial charge on any atom is 0.418 e. The Hall–Kier alpha value is -1.04. The van der Waals surface area contributed by atoms with Gasteiger partial charge >= 0.3 is 16.4 Å². The van der Waals surface area contributed by atoms with Crippen LogP contribution in [-0.2, 0) is 14.7 Å². The Morgan fingerprint density at radius 1 is 1.42 bits per heavy atom. The van der Waals surface area contributed by atoms with Crippen LogP contribution in [0.4, 0.5) is 13.6 Å². The molecule has 0 aromatic rings. The molecule has 0 unspecified atom stereocenters. The van der Waals surface area contributed by atoms with Crippen LogP contribution in [-0.4, -0.2) is 65.2 Å². The average Bonchev–Trinajstić information content (AvgIpc) is 2.53. The number of hydrogen-bond donors (Lipinski definition) is 2. The summed E-state index contributed by atoms with van der Waals surface area (Å²) in [4.78, 5) is 12.5. The minimum atomic E-state index is -4.90. The van der Waals surface area contributed by atoms with Gasteiger partial charge in [0, 0.05) is 6.54 Å². The summed E-state index contributed by atoms with van der Waals surface area (Å²) < 4.78 is 60.7. The molecule has 2 atom stereocenters. The topological polar surface area (TPSA) is 107 Å². The van der Waals surface area contributed by atoms with E-state index in [1.54, 1.807) is 0 Å². The zero-order valence-electron chi connectivity index (χ0n) is 9.57. The SMILES string of the molecule is O=C1N2C[C@@H](CC[C@H]2C(F)(F)CO)N1OS(=O)(=O)O. The van der Waals surface area contributed by atoms with Crippen molar-refractivity contribution in [1.29, 1.82) is 0 Å². The zero-order chi connectivity index (χ0) is 14.4. The molecule has 2 bridgehead atoms. The first-order valence-electron chi connectivity index (χ1n) is 5.41. The Labute approximate surface area is 107 Å². The molecule has 8 nitrogen and oxygen atoms in total. The first-order chi connectivity index (χ1) is 8.65. The van der Waals surface area contributed by atoms with Gasteiger partial charge in [-0.2, -0.15) is 13.5 Å². The number of aliphatic hydroxyl groups is 1. The number of fused-ring (bicyclic) bond motifs is 2. The van der Waals surface area contributed by atoms with Gasteiger partial charge in [0.2, 0.25) is 0 Å². The van der Waals surface area contributed by atoms with Gasteiger partial charge in [-0.15, -0.1) is 4.28 Å². The second kappa shape index (κ2) is 4.51. The highest BCUT2D eigenvalue weighted by Crippen LogP contribution is 2.37. The number of carbonyl (C=O) groups is 1. The quantitative estimate of drug-likeness (QED) is 0.685. The van der Waals surface area contributed by atoms with E-state index in [1.165, 1.54) is 0 Å². The molecule has 0 aromatic heterocycles. The summed E-state index contributed by atoms with van der Waals surface area (Å²) >= 11 is 0. The molecule has 19 heavy (non-hydrogen) atoms. The number of aliphatic hydroxyl groups excluding tert-OH is 1. The number of alkyl halides is 2. The van der Waals surface area contributed by atoms with E-state index in [-0.39, 0.29) is 19.4 Å². The molecule has 2 amide bonds. The fourth-order valence-electron chi connectivity index (χ4n) is 2.38. The Balaban J connectivity index is 2.20. The van der Waals surface area contributed by atoms with E-state index in [4.69, 9.17) is 9.66 Å².